The molecule has 2 aromatic heterocycles. The highest BCUT2D eigenvalue weighted by Crippen LogP contribution is 2.28. The van der Waals surface area contributed by atoms with Crippen molar-refractivity contribution in [2.75, 3.05) is 0 Å². The summed E-state index contributed by atoms with van der Waals surface area (Å²) < 4.78 is 28.3. The van der Waals surface area contributed by atoms with Crippen molar-refractivity contribution in [2.24, 2.45) is 0 Å². The number of hydrogen-bond donors (Lipinski definition) is 1. The lowest BCUT2D eigenvalue weighted by atomic mass is 10.1. The van der Waals surface area contributed by atoms with E-state index in [1.807, 2.05) is 0 Å². The number of aromatic nitrogens is 3. The number of benzene rings is 1. The lowest BCUT2D eigenvalue weighted by Gasteiger charge is -2.04. The van der Waals surface area contributed by atoms with Gasteiger partial charge in [-0.1, -0.05) is 0 Å². The molecule has 90 valence electrons. The first-order valence-corrected chi connectivity index (χ1v) is 5.12. The second-order valence-corrected chi connectivity index (χ2v) is 3.74. The molecule has 6 heteroatoms. The molecule has 1 aromatic carbocycles. The van der Waals surface area contributed by atoms with E-state index < -0.39 is 17.4 Å². The molecule has 18 heavy (non-hydrogen) atoms. The fourth-order valence-corrected chi connectivity index (χ4v) is 1.77. The number of hydrogen-bond acceptors (Lipinski definition) is 3. The maximum Gasteiger partial charge on any atom is 0.187 e. The van der Waals surface area contributed by atoms with E-state index in [2.05, 4.69) is 9.97 Å². The zero-order chi connectivity index (χ0) is 12.7. The molecule has 0 aliphatic carbocycles. The van der Waals surface area contributed by atoms with Gasteiger partial charge in [-0.25, -0.2) is 13.8 Å². The van der Waals surface area contributed by atoms with Crippen LogP contribution in [0.2, 0.25) is 0 Å². The Hall–Kier alpha value is -2.50. The summed E-state index contributed by atoms with van der Waals surface area (Å²) in [6.07, 6.45) is 6.21. The topological polar surface area (TPSA) is 50.4 Å². The van der Waals surface area contributed by atoms with Gasteiger partial charge in [0.2, 0.25) is 0 Å². The maximum absolute atomic E-state index is 13.3. The van der Waals surface area contributed by atoms with Crippen LogP contribution in [0.25, 0.3) is 16.9 Å². The Morgan fingerprint density at radius 1 is 1.11 bits per heavy atom. The van der Waals surface area contributed by atoms with E-state index in [-0.39, 0.29) is 0 Å². The predicted molar refractivity (Wildman–Crippen MR) is 60.0 cm³/mol. The number of phenols is 1. The predicted octanol–water partition coefficient (Wildman–Crippen LogP) is 2.38. The van der Waals surface area contributed by atoms with Gasteiger partial charge >= 0.3 is 0 Å². The van der Waals surface area contributed by atoms with Gasteiger partial charge in [0.1, 0.15) is 0 Å². The molecule has 1 N–H and O–H groups in total. The third-order valence-corrected chi connectivity index (χ3v) is 2.63. The highest BCUT2D eigenvalue weighted by atomic mass is 19.1. The molecular weight excluding hydrogens is 240 g/mol. The summed E-state index contributed by atoms with van der Waals surface area (Å²) in [4.78, 5) is 7.97. The smallest absolute Gasteiger partial charge is 0.187 e. The molecule has 4 nitrogen and oxygen atoms in total. The summed E-state index contributed by atoms with van der Waals surface area (Å²) in [6, 6.07) is 2.12. The van der Waals surface area contributed by atoms with Crippen molar-refractivity contribution in [1.82, 2.24) is 14.4 Å². The van der Waals surface area contributed by atoms with Crippen LogP contribution in [0.15, 0.2) is 36.9 Å². The van der Waals surface area contributed by atoms with Gasteiger partial charge in [-0.2, -0.15) is 0 Å². The van der Waals surface area contributed by atoms with Crippen molar-refractivity contribution in [3.8, 4) is 17.0 Å². The largest absolute Gasteiger partial charge is 0.503 e. The Bertz CT molecular complexity index is 716. The minimum absolute atomic E-state index is 0.293. The van der Waals surface area contributed by atoms with Gasteiger partial charge < -0.3 is 5.11 Å². The van der Waals surface area contributed by atoms with E-state index in [1.54, 1.807) is 16.8 Å². The molecule has 0 saturated heterocycles. The Balaban J connectivity index is 2.26. The van der Waals surface area contributed by atoms with Crippen LogP contribution in [0.4, 0.5) is 8.78 Å². The van der Waals surface area contributed by atoms with E-state index >= 15 is 0 Å². The molecule has 0 fully saturated rings. The quantitative estimate of drug-likeness (QED) is 0.718. The zero-order valence-corrected chi connectivity index (χ0v) is 9.01. The van der Waals surface area contributed by atoms with Crippen molar-refractivity contribution in [3.63, 3.8) is 0 Å². The number of nitrogens with zero attached hydrogens (tertiary/aromatic N) is 3. The molecule has 0 radical (unpaired) electrons. The number of rotatable bonds is 1. The molecule has 0 bridgehead atoms. The molecule has 0 saturated carbocycles. The van der Waals surface area contributed by atoms with Gasteiger partial charge in [0.15, 0.2) is 23.0 Å². The van der Waals surface area contributed by atoms with Gasteiger partial charge in [0.05, 0.1) is 18.1 Å². The molecule has 2 heterocycles. The van der Waals surface area contributed by atoms with E-state index in [1.165, 1.54) is 12.4 Å². The van der Waals surface area contributed by atoms with E-state index in [0.29, 0.717) is 16.9 Å². The number of phenolic OH excluding ortho intramolecular Hbond substituents is 1. The first-order chi connectivity index (χ1) is 8.66. The average molecular weight is 247 g/mol. The standard InChI is InChI=1S/C12H7F2N3O/c13-8-3-7(4-9(14)12(8)18)10-5-16-11-6-15-1-2-17(10)11/h1-6,18H. The maximum atomic E-state index is 13.3. The number of aromatic hydroxyl groups is 1. The average Bonchev–Trinajstić information content (AvgIpc) is 2.79. The lowest BCUT2D eigenvalue weighted by Crippen LogP contribution is -1.91. The molecule has 0 aliphatic rings. The summed E-state index contributed by atoms with van der Waals surface area (Å²) in [5.74, 6) is -2.99. The molecule has 0 unspecified atom stereocenters. The number of imidazole rings is 1. The van der Waals surface area contributed by atoms with Gasteiger partial charge in [-0.05, 0) is 12.1 Å². The fourth-order valence-electron chi connectivity index (χ4n) is 1.77. The number of fused-ring (bicyclic) bond motifs is 1. The van der Waals surface area contributed by atoms with Crippen LogP contribution in [-0.2, 0) is 0 Å². The van der Waals surface area contributed by atoms with Gasteiger partial charge in [-0.15, -0.1) is 0 Å². The summed E-state index contributed by atoms with van der Waals surface area (Å²) in [7, 11) is 0. The molecule has 0 atom stereocenters. The summed E-state index contributed by atoms with van der Waals surface area (Å²) in [6.45, 7) is 0. The van der Waals surface area contributed by atoms with Gasteiger partial charge in [0, 0.05) is 18.0 Å². The van der Waals surface area contributed by atoms with Crippen LogP contribution in [0.1, 0.15) is 0 Å². The van der Waals surface area contributed by atoms with Crippen LogP contribution < -0.4 is 0 Å². The van der Waals surface area contributed by atoms with Crippen LogP contribution in [0.5, 0.6) is 5.75 Å². The summed E-state index contributed by atoms with van der Waals surface area (Å²) in [5.41, 5.74) is 1.38. The molecule has 0 aliphatic heterocycles. The van der Waals surface area contributed by atoms with E-state index in [0.717, 1.165) is 12.1 Å². The molecule has 3 rings (SSSR count). The lowest BCUT2D eigenvalue weighted by molar-refractivity contribution is 0.396. The van der Waals surface area contributed by atoms with Crippen LogP contribution >= 0.6 is 0 Å². The third kappa shape index (κ3) is 1.50. The molecule has 0 spiro atoms. The Morgan fingerprint density at radius 3 is 2.56 bits per heavy atom. The van der Waals surface area contributed by atoms with E-state index in [9.17, 15) is 8.78 Å². The SMILES string of the molecule is Oc1c(F)cc(-c2cnc3cnccn23)cc1F. The van der Waals surface area contributed by atoms with Crippen molar-refractivity contribution < 1.29 is 13.9 Å². The Kier molecular flexibility index (Phi) is 2.22. The minimum Gasteiger partial charge on any atom is -0.503 e. The highest BCUT2D eigenvalue weighted by molar-refractivity contribution is 5.64. The fraction of sp³-hybridized carbons (Fsp3) is 0. The number of halogens is 2. The van der Waals surface area contributed by atoms with Gasteiger partial charge in [0.25, 0.3) is 0 Å². The molecule has 0 amide bonds. The third-order valence-electron chi connectivity index (χ3n) is 2.63. The van der Waals surface area contributed by atoms with Crippen LogP contribution in [0.3, 0.4) is 0 Å². The van der Waals surface area contributed by atoms with Crippen molar-refractivity contribution in [1.29, 1.82) is 0 Å². The van der Waals surface area contributed by atoms with Crippen LogP contribution in [0, 0.1) is 11.6 Å². The van der Waals surface area contributed by atoms with E-state index in [4.69, 9.17) is 5.11 Å². The van der Waals surface area contributed by atoms with Crippen molar-refractivity contribution in [3.05, 3.63) is 48.6 Å². The molecular formula is C12H7F2N3O. The van der Waals surface area contributed by atoms with Crippen molar-refractivity contribution in [2.45, 2.75) is 0 Å². The Morgan fingerprint density at radius 2 is 1.83 bits per heavy atom. The normalized spacial score (nSPS) is 11.0. The Labute approximate surface area is 100 Å². The van der Waals surface area contributed by atoms with Crippen molar-refractivity contribution >= 4 is 5.65 Å². The zero-order valence-electron chi connectivity index (χ0n) is 9.01. The second kappa shape index (κ2) is 3.76. The van der Waals surface area contributed by atoms with Gasteiger partial charge in [-0.3, -0.25) is 9.38 Å². The first kappa shape index (κ1) is 10.6. The summed E-state index contributed by atoms with van der Waals surface area (Å²) in [5, 5.41) is 9.06. The monoisotopic (exact) mass is 247 g/mol. The minimum atomic E-state index is -1.01. The summed E-state index contributed by atoms with van der Waals surface area (Å²) >= 11 is 0. The highest BCUT2D eigenvalue weighted by Gasteiger charge is 2.13. The molecule has 3 aromatic rings. The van der Waals surface area contributed by atoms with Crippen LogP contribution in [-0.4, -0.2) is 19.5 Å². The second-order valence-electron chi connectivity index (χ2n) is 3.74. The first-order valence-electron chi connectivity index (χ1n) is 5.12.